The van der Waals surface area contributed by atoms with Crippen LogP contribution in [0.25, 0.3) is 10.9 Å². The molecule has 3 rings (SSSR count). The highest BCUT2D eigenvalue weighted by atomic mass is 35.5. The van der Waals surface area contributed by atoms with E-state index in [0.717, 1.165) is 36.7 Å². The topological polar surface area (TPSA) is 106 Å². The van der Waals surface area contributed by atoms with Crippen molar-refractivity contribution in [3.05, 3.63) is 35.5 Å². The second kappa shape index (κ2) is 7.37. The minimum atomic E-state index is -4.64. The summed E-state index contributed by atoms with van der Waals surface area (Å²) in [5, 5.41) is 5.28. The smallest absolute Gasteiger partial charge is 0.368 e. The van der Waals surface area contributed by atoms with Gasteiger partial charge >= 0.3 is 7.82 Å². The Morgan fingerprint density at radius 3 is 2.45 bits per heavy atom. The molecule has 1 aliphatic rings. The molecule has 0 bridgehead atoms. The van der Waals surface area contributed by atoms with Crippen molar-refractivity contribution < 1.29 is 19.2 Å². The highest BCUT2D eigenvalue weighted by Crippen LogP contribution is 2.27. The molecule has 7 nitrogen and oxygen atoms in total. The van der Waals surface area contributed by atoms with Crippen molar-refractivity contribution in [1.82, 2.24) is 10.3 Å². The quantitative estimate of drug-likeness (QED) is 0.578. The molecule has 1 aliphatic heterocycles. The lowest BCUT2D eigenvalue weighted by atomic mass is 10.1. The fourth-order valence-electron chi connectivity index (χ4n) is 2.29. The van der Waals surface area contributed by atoms with E-state index in [4.69, 9.17) is 30.8 Å². The Kier molecular flexibility index (Phi) is 5.74. The number of anilines is 1. The Bertz CT molecular complexity index is 680. The zero-order valence-electron chi connectivity index (χ0n) is 11.7. The van der Waals surface area contributed by atoms with E-state index in [1.165, 1.54) is 11.1 Å². The fourth-order valence-corrected chi connectivity index (χ4v) is 2.45. The van der Waals surface area contributed by atoms with Crippen molar-refractivity contribution in [1.29, 1.82) is 0 Å². The number of hydrogen-bond donors (Lipinski definition) is 4. The molecule has 2 heterocycles. The molecule has 2 aromatic rings. The first-order valence-electron chi connectivity index (χ1n) is 6.63. The Morgan fingerprint density at radius 2 is 1.82 bits per heavy atom. The summed E-state index contributed by atoms with van der Waals surface area (Å²) >= 11 is 5.99. The molecule has 0 amide bonds. The van der Waals surface area contributed by atoms with Gasteiger partial charge in [-0.25, -0.2) is 4.57 Å². The Labute approximate surface area is 132 Å². The lowest BCUT2D eigenvalue weighted by molar-refractivity contribution is 0.275. The molecule has 1 aromatic carbocycles. The van der Waals surface area contributed by atoms with E-state index in [-0.39, 0.29) is 0 Å². The number of rotatable bonds is 1. The monoisotopic (exact) mass is 345 g/mol. The average Bonchev–Trinajstić information content (AvgIpc) is 2.45. The van der Waals surface area contributed by atoms with Gasteiger partial charge in [0.25, 0.3) is 0 Å². The molecule has 0 unspecified atom stereocenters. The fraction of sp³-hybridized carbons (Fsp3) is 0.308. The molecule has 4 N–H and O–H groups in total. The molecule has 0 saturated carbocycles. The van der Waals surface area contributed by atoms with Crippen molar-refractivity contribution in [3.8, 4) is 0 Å². The lowest BCUT2D eigenvalue weighted by Crippen LogP contribution is -2.43. The minimum absolute atomic E-state index is 0.738. The van der Waals surface area contributed by atoms with Crippen LogP contribution in [0.5, 0.6) is 0 Å². The second-order valence-electron chi connectivity index (χ2n) is 4.74. The number of pyridine rings is 1. The van der Waals surface area contributed by atoms with Crippen LogP contribution in [0.4, 0.5) is 5.69 Å². The Morgan fingerprint density at radius 1 is 1.18 bits per heavy atom. The number of nitrogens with zero attached hydrogens (tertiary/aromatic N) is 2. The molecule has 0 spiro atoms. The number of aromatic nitrogens is 1. The van der Waals surface area contributed by atoms with Crippen LogP contribution in [-0.2, 0) is 4.57 Å². The minimum Gasteiger partial charge on any atom is -0.368 e. The van der Waals surface area contributed by atoms with Crippen molar-refractivity contribution in [2.24, 2.45) is 0 Å². The standard InChI is InChI=1S/C13H14ClN3.H3O4P/c14-10-1-2-11-12(9-10)16-4-3-13(11)17-7-5-15-6-8-17;1-5(2,3)4/h1-4,9,15H,5-8H2;(H3,1,2,3,4). The van der Waals surface area contributed by atoms with Crippen LogP contribution in [0, 0.1) is 0 Å². The summed E-state index contributed by atoms with van der Waals surface area (Å²) in [6.07, 6.45) is 1.86. The summed E-state index contributed by atoms with van der Waals surface area (Å²) in [7, 11) is -4.64. The van der Waals surface area contributed by atoms with Gasteiger partial charge in [0.2, 0.25) is 0 Å². The molecule has 120 valence electrons. The van der Waals surface area contributed by atoms with E-state index in [0.29, 0.717) is 0 Å². The summed E-state index contributed by atoms with van der Waals surface area (Å²) in [4.78, 5) is 28.3. The predicted octanol–water partition coefficient (Wildman–Crippen LogP) is 1.37. The number of phosphoric acid groups is 1. The van der Waals surface area contributed by atoms with Crippen molar-refractivity contribution in [3.63, 3.8) is 0 Å². The summed E-state index contributed by atoms with van der Waals surface area (Å²) in [5.41, 5.74) is 2.22. The molecule has 0 radical (unpaired) electrons. The SMILES string of the molecule is Clc1ccc2c(N3CCNCC3)ccnc2c1.O=P(O)(O)O. The molecule has 9 heteroatoms. The van der Waals surface area contributed by atoms with Crippen molar-refractivity contribution in [2.45, 2.75) is 0 Å². The Hall–Kier alpha value is -1.21. The molecule has 0 aliphatic carbocycles. The number of fused-ring (bicyclic) bond motifs is 1. The number of halogens is 1. The van der Waals surface area contributed by atoms with E-state index >= 15 is 0 Å². The maximum atomic E-state index is 8.88. The molecule has 1 saturated heterocycles. The van der Waals surface area contributed by atoms with E-state index in [2.05, 4.69) is 27.3 Å². The number of nitrogens with one attached hydrogen (secondary N) is 1. The maximum absolute atomic E-state index is 8.88. The average molecular weight is 346 g/mol. The zero-order valence-corrected chi connectivity index (χ0v) is 13.3. The second-order valence-corrected chi connectivity index (χ2v) is 6.20. The van der Waals surface area contributed by atoms with Gasteiger partial charge in [-0.1, -0.05) is 11.6 Å². The summed E-state index contributed by atoms with van der Waals surface area (Å²) < 4.78 is 8.88. The van der Waals surface area contributed by atoms with Crippen LogP contribution < -0.4 is 10.2 Å². The van der Waals surface area contributed by atoms with Gasteiger partial charge in [-0.3, -0.25) is 4.98 Å². The maximum Gasteiger partial charge on any atom is 0.466 e. The molecular formula is C13H17ClN3O4P. The molecule has 1 aromatic heterocycles. The Balaban J connectivity index is 0.000000309. The van der Waals surface area contributed by atoms with Crippen LogP contribution >= 0.6 is 19.4 Å². The van der Waals surface area contributed by atoms with Crippen LogP contribution in [0.2, 0.25) is 5.02 Å². The largest absolute Gasteiger partial charge is 0.466 e. The highest BCUT2D eigenvalue weighted by Gasteiger charge is 2.13. The zero-order chi connectivity index (χ0) is 16.2. The van der Waals surface area contributed by atoms with Gasteiger partial charge in [-0.15, -0.1) is 0 Å². The summed E-state index contributed by atoms with van der Waals surface area (Å²) in [6.45, 7) is 4.16. The first-order chi connectivity index (χ1) is 10.3. The first-order valence-corrected chi connectivity index (χ1v) is 8.57. The van der Waals surface area contributed by atoms with Crippen molar-refractivity contribution in [2.75, 3.05) is 31.1 Å². The van der Waals surface area contributed by atoms with E-state index in [9.17, 15) is 0 Å². The summed E-state index contributed by atoms with van der Waals surface area (Å²) in [5.74, 6) is 0. The van der Waals surface area contributed by atoms with Gasteiger partial charge in [0.05, 0.1) is 5.52 Å². The van der Waals surface area contributed by atoms with Crippen LogP contribution in [-0.4, -0.2) is 45.8 Å². The first kappa shape index (κ1) is 17.1. The van der Waals surface area contributed by atoms with E-state index in [1.807, 2.05) is 18.3 Å². The molecule has 0 atom stereocenters. The van der Waals surface area contributed by atoms with Gasteiger partial charge in [0, 0.05) is 48.5 Å². The van der Waals surface area contributed by atoms with E-state index in [1.54, 1.807) is 0 Å². The predicted molar refractivity (Wildman–Crippen MR) is 86.1 cm³/mol. The van der Waals surface area contributed by atoms with Gasteiger partial charge in [-0.05, 0) is 24.3 Å². The molecule has 1 fully saturated rings. The third-order valence-corrected chi connectivity index (χ3v) is 3.37. The van der Waals surface area contributed by atoms with Crippen LogP contribution in [0.15, 0.2) is 30.5 Å². The number of hydrogen-bond acceptors (Lipinski definition) is 4. The van der Waals surface area contributed by atoms with Gasteiger partial charge < -0.3 is 24.9 Å². The normalized spacial score (nSPS) is 15.4. The van der Waals surface area contributed by atoms with Crippen LogP contribution in [0.3, 0.4) is 0 Å². The third-order valence-electron chi connectivity index (χ3n) is 3.14. The molecular weight excluding hydrogens is 329 g/mol. The summed E-state index contributed by atoms with van der Waals surface area (Å²) in [6, 6.07) is 7.99. The number of benzene rings is 1. The van der Waals surface area contributed by atoms with Gasteiger partial charge in [-0.2, -0.15) is 0 Å². The number of piperazine rings is 1. The third kappa shape index (κ3) is 5.21. The highest BCUT2D eigenvalue weighted by molar-refractivity contribution is 7.45. The van der Waals surface area contributed by atoms with E-state index < -0.39 is 7.82 Å². The van der Waals surface area contributed by atoms with Gasteiger partial charge in [0.1, 0.15) is 0 Å². The molecule has 22 heavy (non-hydrogen) atoms. The van der Waals surface area contributed by atoms with Gasteiger partial charge in [0.15, 0.2) is 0 Å². The lowest BCUT2D eigenvalue weighted by Gasteiger charge is -2.30. The van der Waals surface area contributed by atoms with Crippen LogP contribution in [0.1, 0.15) is 0 Å². The van der Waals surface area contributed by atoms with Crippen molar-refractivity contribution >= 4 is 36.0 Å².